The van der Waals surface area contributed by atoms with Gasteiger partial charge in [-0.2, -0.15) is 13.2 Å². The molecule has 32 heavy (non-hydrogen) atoms. The van der Waals surface area contributed by atoms with E-state index in [2.05, 4.69) is 64.9 Å². The lowest BCUT2D eigenvalue weighted by Gasteiger charge is -2.06. The van der Waals surface area contributed by atoms with Crippen LogP contribution in [-0.2, 0) is 6.18 Å². The van der Waals surface area contributed by atoms with E-state index in [1.54, 1.807) is 0 Å². The van der Waals surface area contributed by atoms with Gasteiger partial charge >= 0.3 is 6.18 Å². The molecule has 0 spiro atoms. The van der Waals surface area contributed by atoms with Crippen LogP contribution in [-0.4, -0.2) is 20.2 Å². The van der Waals surface area contributed by atoms with Crippen molar-refractivity contribution in [3.63, 3.8) is 0 Å². The van der Waals surface area contributed by atoms with Crippen LogP contribution in [0.4, 0.5) is 13.2 Å². The van der Waals surface area contributed by atoms with E-state index >= 15 is 0 Å². The van der Waals surface area contributed by atoms with Crippen LogP contribution in [0, 0.1) is 0 Å². The lowest BCUT2D eigenvalue weighted by molar-refractivity contribution is -0.137. The predicted octanol–water partition coefficient (Wildman–Crippen LogP) is 9.49. The quantitative estimate of drug-likeness (QED) is 0.426. The largest absolute Gasteiger partial charge is 0.497 e. The summed E-state index contributed by atoms with van der Waals surface area (Å²) in [4.78, 5) is 0. The molecule has 2 nitrogen and oxygen atoms in total. The molecule has 0 fully saturated rings. The molecule has 0 saturated heterocycles. The Morgan fingerprint density at radius 1 is 1.03 bits per heavy atom. The zero-order valence-electron chi connectivity index (χ0n) is 22.1. The highest BCUT2D eigenvalue weighted by Crippen LogP contribution is 2.30. The maximum absolute atomic E-state index is 12.0. The summed E-state index contributed by atoms with van der Waals surface area (Å²) in [7, 11) is 3.41. The van der Waals surface area contributed by atoms with Crippen molar-refractivity contribution in [1.82, 2.24) is 5.32 Å². The van der Waals surface area contributed by atoms with Crippen molar-refractivity contribution in [2.75, 3.05) is 14.2 Å². The lowest BCUT2D eigenvalue weighted by atomic mass is 10.2. The van der Waals surface area contributed by atoms with Gasteiger partial charge in [-0.05, 0) is 64.4 Å². The van der Waals surface area contributed by atoms with Gasteiger partial charge in [0.05, 0.1) is 12.7 Å². The van der Waals surface area contributed by atoms with Gasteiger partial charge in [-0.25, -0.2) is 0 Å². The van der Waals surface area contributed by atoms with Crippen LogP contribution in [0.5, 0.6) is 5.75 Å². The van der Waals surface area contributed by atoms with Gasteiger partial charge in [0.2, 0.25) is 0 Å². The SMILES string of the molecule is C/C=C\CC.C=C.C=CCC.CC.CCCC(C)NC.COc1ccc(C(F)(F)F)cc1. The number of alkyl halides is 3. The Morgan fingerprint density at radius 2 is 1.47 bits per heavy atom. The summed E-state index contributed by atoms with van der Waals surface area (Å²) in [6, 6.07) is 5.23. The molecule has 0 bridgehead atoms. The molecule has 0 heterocycles. The number of hydrogen-bond acceptors (Lipinski definition) is 2. The third-order valence-corrected chi connectivity index (χ3v) is 3.39. The number of ether oxygens (including phenoxy) is 1. The zero-order valence-corrected chi connectivity index (χ0v) is 22.1. The van der Waals surface area contributed by atoms with Crippen LogP contribution in [0.15, 0.2) is 62.2 Å². The number of nitrogens with one attached hydrogen (secondary N) is 1. The summed E-state index contributed by atoms with van der Waals surface area (Å²) in [5.41, 5.74) is -0.664. The van der Waals surface area contributed by atoms with E-state index in [1.165, 1.54) is 32.1 Å². The third kappa shape index (κ3) is 35.4. The van der Waals surface area contributed by atoms with Gasteiger partial charge in [0.15, 0.2) is 0 Å². The maximum Gasteiger partial charge on any atom is 0.416 e. The van der Waals surface area contributed by atoms with Crippen LogP contribution in [0.1, 0.15) is 79.7 Å². The fourth-order valence-electron chi connectivity index (χ4n) is 1.59. The highest BCUT2D eigenvalue weighted by Gasteiger charge is 2.29. The summed E-state index contributed by atoms with van der Waals surface area (Å²) in [6.45, 7) is 24.1. The molecule has 1 atom stereocenters. The van der Waals surface area contributed by atoms with E-state index in [1.807, 2.05) is 33.9 Å². The van der Waals surface area contributed by atoms with Crippen LogP contribution in [0.25, 0.3) is 0 Å². The van der Waals surface area contributed by atoms with Crippen molar-refractivity contribution in [1.29, 1.82) is 0 Å². The topological polar surface area (TPSA) is 21.3 Å². The summed E-state index contributed by atoms with van der Waals surface area (Å²) < 4.78 is 40.7. The van der Waals surface area contributed by atoms with E-state index in [0.29, 0.717) is 11.8 Å². The van der Waals surface area contributed by atoms with E-state index in [0.717, 1.165) is 25.0 Å². The highest BCUT2D eigenvalue weighted by atomic mass is 19.4. The van der Waals surface area contributed by atoms with E-state index < -0.39 is 11.7 Å². The van der Waals surface area contributed by atoms with Gasteiger partial charge in [0, 0.05) is 6.04 Å². The Bertz CT molecular complexity index is 483. The van der Waals surface area contributed by atoms with Gasteiger partial charge in [0.25, 0.3) is 0 Å². The van der Waals surface area contributed by atoms with Gasteiger partial charge in [-0.3, -0.25) is 0 Å². The van der Waals surface area contributed by atoms with Crippen LogP contribution in [0.3, 0.4) is 0 Å². The zero-order chi connectivity index (χ0) is 26.4. The number of allylic oxidation sites excluding steroid dienone is 3. The minimum Gasteiger partial charge on any atom is -0.497 e. The van der Waals surface area contributed by atoms with Crippen LogP contribution >= 0.6 is 0 Å². The molecule has 190 valence electrons. The van der Waals surface area contributed by atoms with Crippen molar-refractivity contribution in [3.05, 3.63) is 67.8 Å². The van der Waals surface area contributed by atoms with Gasteiger partial charge in [0.1, 0.15) is 5.75 Å². The fraction of sp³-hybridized carbons (Fsp3) is 0.556. The first-order valence-corrected chi connectivity index (χ1v) is 11.3. The highest BCUT2D eigenvalue weighted by molar-refractivity contribution is 5.28. The molecule has 5 heteroatoms. The standard InChI is InChI=1S/C8H7F3O.C6H15N.C5H10.C4H8.C2H6.C2H4/c1-12-7-4-2-6(3-5-7)8(9,10)11;1-4-5-6(2)7-3;1-3-5-4-2;1-3-4-2;2*1-2/h2-5H,1H3;6-7H,4-5H2,1-3H3;3,5H,4H2,1-2H3;3H,1,4H2,2H3;1-2H3;1-2H2/b;;5-3-;;;. The normalized spacial score (nSPS) is 10.0. The molecule has 0 aromatic heterocycles. The summed E-state index contributed by atoms with van der Waals surface area (Å²) >= 11 is 0. The number of rotatable bonds is 6. The molecule has 1 rings (SSSR count). The Morgan fingerprint density at radius 3 is 1.62 bits per heavy atom. The molecule has 1 aromatic rings. The molecule has 0 aliphatic rings. The van der Waals surface area contributed by atoms with Crippen molar-refractivity contribution in [2.24, 2.45) is 0 Å². The monoisotopic (exact) mass is 461 g/mol. The Labute approximate surface area is 197 Å². The maximum atomic E-state index is 12.0. The predicted molar refractivity (Wildman–Crippen MR) is 140 cm³/mol. The molecular formula is C27H50F3NO. The van der Waals surface area contributed by atoms with E-state index in [4.69, 9.17) is 4.74 Å². The second-order valence-electron chi connectivity index (χ2n) is 5.88. The number of halogens is 3. The van der Waals surface area contributed by atoms with Gasteiger partial charge in [-0.15, -0.1) is 19.7 Å². The fourth-order valence-corrected chi connectivity index (χ4v) is 1.59. The molecular weight excluding hydrogens is 411 g/mol. The summed E-state index contributed by atoms with van der Waals surface area (Å²) in [5.74, 6) is 0.419. The molecule has 0 saturated carbocycles. The van der Waals surface area contributed by atoms with Crippen LogP contribution < -0.4 is 10.1 Å². The van der Waals surface area contributed by atoms with Crippen molar-refractivity contribution in [2.45, 2.75) is 86.4 Å². The van der Waals surface area contributed by atoms with Crippen molar-refractivity contribution < 1.29 is 17.9 Å². The molecule has 1 unspecified atom stereocenters. The minimum atomic E-state index is -4.27. The molecule has 1 aromatic carbocycles. The summed E-state index contributed by atoms with van der Waals surface area (Å²) in [6.07, 6.45) is 6.60. The second kappa shape index (κ2) is 33.6. The van der Waals surface area contributed by atoms with Crippen molar-refractivity contribution >= 4 is 0 Å². The Balaban J connectivity index is -0.000000105. The summed E-state index contributed by atoms with van der Waals surface area (Å²) in [5, 5.41) is 3.17. The number of hydrogen-bond donors (Lipinski definition) is 1. The lowest BCUT2D eigenvalue weighted by Crippen LogP contribution is -2.20. The second-order valence-corrected chi connectivity index (χ2v) is 5.88. The minimum absolute atomic E-state index is 0.419. The third-order valence-electron chi connectivity index (χ3n) is 3.39. The van der Waals surface area contributed by atoms with Crippen molar-refractivity contribution in [3.8, 4) is 5.75 Å². The molecule has 0 aliphatic heterocycles. The Hall–Kier alpha value is -2.01. The molecule has 1 N–H and O–H groups in total. The van der Waals surface area contributed by atoms with Crippen LogP contribution in [0.2, 0.25) is 0 Å². The molecule has 0 amide bonds. The first-order valence-electron chi connectivity index (χ1n) is 11.3. The van der Waals surface area contributed by atoms with Gasteiger partial charge in [-0.1, -0.05) is 59.3 Å². The smallest absolute Gasteiger partial charge is 0.416 e. The average Bonchev–Trinajstić information content (AvgIpc) is 2.82. The average molecular weight is 462 g/mol. The molecule has 0 radical (unpaired) electrons. The number of benzene rings is 1. The van der Waals surface area contributed by atoms with E-state index in [9.17, 15) is 13.2 Å². The molecule has 0 aliphatic carbocycles. The number of methoxy groups -OCH3 is 1. The Kier molecular flexibility index (Phi) is 42.4. The van der Waals surface area contributed by atoms with E-state index in [-0.39, 0.29) is 0 Å². The first-order chi connectivity index (χ1) is 15.2. The van der Waals surface area contributed by atoms with Gasteiger partial charge < -0.3 is 10.1 Å². The first kappa shape index (κ1) is 40.4.